The largest absolute Gasteiger partial charge is 0.508 e. The summed E-state index contributed by atoms with van der Waals surface area (Å²) < 4.78 is 36.8. The monoisotopic (exact) mass is 263 g/mol. The molecule has 100 valence electrons. The summed E-state index contributed by atoms with van der Waals surface area (Å²) in [6, 6.07) is 5.87. The second kappa shape index (κ2) is 5.72. The quantitative estimate of drug-likeness (QED) is 0.851. The molecule has 0 saturated carbocycles. The first-order valence-corrected chi connectivity index (χ1v) is 5.05. The lowest BCUT2D eigenvalue weighted by atomic mass is 10.2. The molecule has 18 heavy (non-hydrogen) atoms. The molecule has 0 aliphatic heterocycles. The Labute approximate surface area is 101 Å². The van der Waals surface area contributed by atoms with E-state index >= 15 is 0 Å². The van der Waals surface area contributed by atoms with Gasteiger partial charge in [0.25, 0.3) is 0 Å². The molecule has 0 atom stereocenters. The van der Waals surface area contributed by atoms with Crippen LogP contribution in [0.4, 0.5) is 13.2 Å². The molecule has 0 saturated heterocycles. The van der Waals surface area contributed by atoms with E-state index in [9.17, 15) is 23.1 Å². The van der Waals surface area contributed by atoms with Crippen LogP contribution in [0.1, 0.15) is 5.56 Å². The minimum Gasteiger partial charge on any atom is -0.508 e. The minimum atomic E-state index is -4.49. The molecule has 0 aromatic heterocycles. The maximum Gasteiger partial charge on any atom is 0.401 e. The van der Waals surface area contributed by atoms with Crippen molar-refractivity contribution < 1.29 is 28.2 Å². The van der Waals surface area contributed by atoms with Crippen LogP contribution in [0, 0.1) is 0 Å². The Bertz CT molecular complexity index is 420. The van der Waals surface area contributed by atoms with E-state index in [1.807, 2.05) is 0 Å². The Morgan fingerprint density at radius 1 is 1.28 bits per heavy atom. The average Bonchev–Trinajstić information content (AvgIpc) is 2.17. The number of hydrogen-bond acceptors (Lipinski definition) is 3. The SMILES string of the molecule is O=C(O)CN(Cc1ccccc1O)CC(F)(F)F. The second-order valence-electron chi connectivity index (χ2n) is 3.78. The summed E-state index contributed by atoms with van der Waals surface area (Å²) in [5.74, 6) is -1.51. The van der Waals surface area contributed by atoms with E-state index < -0.39 is 25.2 Å². The van der Waals surface area contributed by atoms with E-state index in [1.54, 1.807) is 6.07 Å². The summed E-state index contributed by atoms with van der Waals surface area (Å²) in [5, 5.41) is 18.0. The number of hydrogen-bond donors (Lipinski definition) is 2. The molecular weight excluding hydrogens is 251 g/mol. The van der Waals surface area contributed by atoms with Gasteiger partial charge in [-0.15, -0.1) is 0 Å². The van der Waals surface area contributed by atoms with Gasteiger partial charge in [-0.2, -0.15) is 13.2 Å². The summed E-state index contributed by atoms with van der Waals surface area (Å²) in [5.41, 5.74) is 0.253. The number of para-hydroxylation sites is 1. The predicted molar refractivity (Wildman–Crippen MR) is 57.1 cm³/mol. The van der Waals surface area contributed by atoms with Crippen molar-refractivity contribution in [2.24, 2.45) is 0 Å². The third-order valence-corrected chi connectivity index (χ3v) is 2.15. The predicted octanol–water partition coefficient (Wildman–Crippen LogP) is 1.84. The highest BCUT2D eigenvalue weighted by Crippen LogP contribution is 2.21. The second-order valence-corrected chi connectivity index (χ2v) is 3.78. The first-order valence-electron chi connectivity index (χ1n) is 5.05. The van der Waals surface area contributed by atoms with Crippen molar-refractivity contribution >= 4 is 5.97 Å². The van der Waals surface area contributed by atoms with Crippen molar-refractivity contribution in [3.63, 3.8) is 0 Å². The normalized spacial score (nSPS) is 11.8. The highest BCUT2D eigenvalue weighted by Gasteiger charge is 2.31. The number of phenolic OH excluding ortho intramolecular Hbond substituents is 1. The number of phenols is 1. The van der Waals surface area contributed by atoms with Crippen molar-refractivity contribution in [3.8, 4) is 5.75 Å². The molecule has 0 bridgehead atoms. The maximum atomic E-state index is 12.3. The number of alkyl halides is 3. The van der Waals surface area contributed by atoms with Crippen molar-refractivity contribution in [2.45, 2.75) is 12.7 Å². The fourth-order valence-corrected chi connectivity index (χ4v) is 1.50. The first kappa shape index (κ1) is 14.3. The molecule has 1 rings (SSSR count). The number of aliphatic carboxylic acids is 1. The van der Waals surface area contributed by atoms with Crippen molar-refractivity contribution in [2.75, 3.05) is 13.1 Å². The van der Waals surface area contributed by atoms with Gasteiger partial charge >= 0.3 is 12.1 Å². The lowest BCUT2D eigenvalue weighted by molar-refractivity contribution is -0.154. The van der Waals surface area contributed by atoms with Gasteiger partial charge in [-0.25, -0.2) is 0 Å². The Kier molecular flexibility index (Phi) is 4.55. The van der Waals surface area contributed by atoms with Crippen molar-refractivity contribution in [1.82, 2.24) is 4.90 Å². The number of aromatic hydroxyl groups is 1. The highest BCUT2D eigenvalue weighted by molar-refractivity contribution is 5.69. The van der Waals surface area contributed by atoms with E-state index in [0.29, 0.717) is 4.90 Å². The summed E-state index contributed by atoms with van der Waals surface area (Å²) >= 11 is 0. The molecule has 2 N–H and O–H groups in total. The smallest absolute Gasteiger partial charge is 0.401 e. The van der Waals surface area contributed by atoms with Crippen molar-refractivity contribution in [3.05, 3.63) is 29.8 Å². The van der Waals surface area contributed by atoms with Crippen LogP contribution in [0.3, 0.4) is 0 Å². The average molecular weight is 263 g/mol. The number of carboxylic acids is 1. The molecule has 0 aliphatic carbocycles. The molecule has 0 amide bonds. The van der Waals surface area contributed by atoms with E-state index in [1.165, 1.54) is 18.2 Å². The van der Waals surface area contributed by atoms with Gasteiger partial charge in [-0.3, -0.25) is 9.69 Å². The Balaban J connectivity index is 2.78. The number of carboxylic acid groups (broad SMARTS) is 1. The summed E-state index contributed by atoms with van der Waals surface area (Å²) in [4.78, 5) is 11.2. The van der Waals surface area contributed by atoms with Crippen LogP contribution in [-0.4, -0.2) is 40.3 Å². The van der Waals surface area contributed by atoms with Crippen LogP contribution in [0.2, 0.25) is 0 Å². The molecule has 0 radical (unpaired) electrons. The lowest BCUT2D eigenvalue weighted by Crippen LogP contribution is -2.37. The topological polar surface area (TPSA) is 60.8 Å². The van der Waals surface area contributed by atoms with Crippen LogP contribution >= 0.6 is 0 Å². The molecule has 0 aliphatic rings. The molecule has 0 heterocycles. The standard InChI is InChI=1S/C11H12F3NO3/c12-11(13,14)7-15(6-10(17)18)5-8-3-1-2-4-9(8)16/h1-4,16H,5-7H2,(H,17,18). The van der Waals surface area contributed by atoms with Gasteiger partial charge in [0, 0.05) is 12.1 Å². The van der Waals surface area contributed by atoms with E-state index in [0.717, 1.165) is 0 Å². The number of rotatable bonds is 5. The fraction of sp³-hybridized carbons (Fsp3) is 0.364. The van der Waals surface area contributed by atoms with Gasteiger partial charge in [0.15, 0.2) is 0 Å². The Morgan fingerprint density at radius 3 is 2.39 bits per heavy atom. The van der Waals surface area contributed by atoms with Crippen LogP contribution < -0.4 is 0 Å². The van der Waals surface area contributed by atoms with E-state index in [-0.39, 0.29) is 17.9 Å². The summed E-state index contributed by atoms with van der Waals surface area (Å²) in [6.45, 7) is -2.36. The Hall–Kier alpha value is -1.76. The molecule has 7 heteroatoms. The zero-order valence-corrected chi connectivity index (χ0v) is 9.31. The van der Waals surface area contributed by atoms with Crippen molar-refractivity contribution in [1.29, 1.82) is 0 Å². The molecule has 1 aromatic carbocycles. The summed E-state index contributed by atoms with van der Waals surface area (Å²) in [7, 11) is 0. The fourth-order valence-electron chi connectivity index (χ4n) is 1.50. The van der Waals surface area contributed by atoms with Gasteiger partial charge in [0.2, 0.25) is 0 Å². The van der Waals surface area contributed by atoms with Crippen LogP contribution in [0.25, 0.3) is 0 Å². The molecule has 0 fully saturated rings. The van der Waals surface area contributed by atoms with Gasteiger partial charge in [-0.1, -0.05) is 18.2 Å². The van der Waals surface area contributed by atoms with Crippen LogP contribution in [0.5, 0.6) is 5.75 Å². The third kappa shape index (κ3) is 5.05. The van der Waals surface area contributed by atoms with E-state index in [2.05, 4.69) is 0 Å². The highest BCUT2D eigenvalue weighted by atomic mass is 19.4. The molecule has 4 nitrogen and oxygen atoms in total. The minimum absolute atomic E-state index is 0.157. The molecular formula is C11H12F3NO3. The van der Waals surface area contributed by atoms with Crippen LogP contribution in [-0.2, 0) is 11.3 Å². The van der Waals surface area contributed by atoms with Crippen LogP contribution in [0.15, 0.2) is 24.3 Å². The maximum absolute atomic E-state index is 12.3. The van der Waals surface area contributed by atoms with Gasteiger partial charge in [-0.05, 0) is 6.07 Å². The third-order valence-electron chi connectivity index (χ3n) is 2.15. The van der Waals surface area contributed by atoms with Gasteiger partial charge in [0.05, 0.1) is 13.1 Å². The lowest BCUT2D eigenvalue weighted by Gasteiger charge is -2.22. The van der Waals surface area contributed by atoms with Gasteiger partial charge < -0.3 is 10.2 Å². The molecule has 1 aromatic rings. The van der Waals surface area contributed by atoms with E-state index in [4.69, 9.17) is 5.11 Å². The molecule has 0 unspecified atom stereocenters. The zero-order valence-electron chi connectivity index (χ0n) is 9.31. The Morgan fingerprint density at radius 2 is 1.89 bits per heavy atom. The first-order chi connectivity index (χ1) is 8.28. The zero-order chi connectivity index (χ0) is 13.8. The number of halogens is 3. The number of carbonyl (C=O) groups is 1. The van der Waals surface area contributed by atoms with Gasteiger partial charge in [0.1, 0.15) is 5.75 Å². The number of nitrogens with zero attached hydrogens (tertiary/aromatic N) is 1. The number of benzene rings is 1. The molecule has 0 spiro atoms. The summed E-state index contributed by atoms with van der Waals surface area (Å²) in [6.07, 6.45) is -4.49.